The van der Waals surface area contributed by atoms with Gasteiger partial charge in [-0.25, -0.2) is 9.37 Å². The second-order valence-corrected chi connectivity index (χ2v) is 7.74. The van der Waals surface area contributed by atoms with Crippen molar-refractivity contribution in [2.75, 3.05) is 20.2 Å². The lowest BCUT2D eigenvalue weighted by atomic mass is 9.94. The highest BCUT2D eigenvalue weighted by molar-refractivity contribution is 7.07. The second-order valence-electron chi connectivity index (χ2n) is 7.02. The highest BCUT2D eigenvalue weighted by Crippen LogP contribution is 2.32. The van der Waals surface area contributed by atoms with E-state index in [1.807, 2.05) is 10.3 Å². The first-order valence-electron chi connectivity index (χ1n) is 8.86. The first-order chi connectivity index (χ1) is 12.6. The van der Waals surface area contributed by atoms with Crippen LogP contribution in [0.25, 0.3) is 0 Å². The zero-order chi connectivity index (χ0) is 18.1. The number of aromatic nitrogens is 1. The number of carbonyl (C=O) groups excluding carboxylic acids is 1. The molecule has 0 spiro atoms. The first-order valence-corrected chi connectivity index (χ1v) is 9.80. The molecule has 3 fully saturated rings. The third-order valence-electron chi connectivity index (χ3n) is 5.32. The minimum atomic E-state index is -0.264. The van der Waals surface area contributed by atoms with Crippen molar-refractivity contribution < 1.29 is 13.9 Å². The minimum absolute atomic E-state index is 0.00643. The fourth-order valence-corrected chi connectivity index (χ4v) is 4.62. The molecule has 3 aliphatic heterocycles. The molecule has 0 aliphatic carbocycles. The summed E-state index contributed by atoms with van der Waals surface area (Å²) < 4.78 is 19.1. The van der Waals surface area contributed by atoms with Crippen molar-refractivity contribution in [3.63, 3.8) is 0 Å². The number of ether oxygens (including phenoxy) is 1. The van der Waals surface area contributed by atoms with Crippen LogP contribution in [0.4, 0.5) is 4.39 Å². The second kappa shape index (κ2) is 7.32. The van der Waals surface area contributed by atoms with E-state index < -0.39 is 0 Å². The molecule has 138 valence electrons. The normalized spacial score (nSPS) is 23.3. The van der Waals surface area contributed by atoms with Gasteiger partial charge in [-0.15, -0.1) is 11.3 Å². The number of fused-ring (bicyclic) bond motifs is 4. The number of carbonyl (C=O) groups is 1. The Morgan fingerprint density at radius 3 is 2.96 bits per heavy atom. The lowest BCUT2D eigenvalue weighted by Gasteiger charge is -2.35. The van der Waals surface area contributed by atoms with Crippen LogP contribution in [-0.2, 0) is 17.9 Å². The van der Waals surface area contributed by atoms with Gasteiger partial charge in [0, 0.05) is 36.6 Å². The van der Waals surface area contributed by atoms with Gasteiger partial charge in [0.05, 0.1) is 30.8 Å². The van der Waals surface area contributed by atoms with E-state index in [2.05, 4.69) is 9.88 Å². The summed E-state index contributed by atoms with van der Waals surface area (Å²) in [6.07, 6.45) is 1.94. The molecule has 1 amide bonds. The van der Waals surface area contributed by atoms with E-state index >= 15 is 0 Å². The molecule has 2 atom stereocenters. The van der Waals surface area contributed by atoms with Crippen molar-refractivity contribution >= 4 is 17.2 Å². The van der Waals surface area contributed by atoms with Crippen LogP contribution in [0, 0.1) is 11.7 Å². The molecule has 0 radical (unpaired) electrons. The maximum absolute atomic E-state index is 13.7. The number of hydrogen-bond donors (Lipinski definition) is 0. The molecule has 2 aromatic rings. The molecule has 0 unspecified atom stereocenters. The van der Waals surface area contributed by atoms with Crippen molar-refractivity contribution in [2.45, 2.75) is 32.0 Å². The number of nitrogens with zero attached hydrogens (tertiary/aromatic N) is 3. The van der Waals surface area contributed by atoms with E-state index in [4.69, 9.17) is 4.74 Å². The number of amides is 1. The molecule has 1 aromatic heterocycles. The Bertz CT molecular complexity index is 783. The smallest absolute Gasteiger partial charge is 0.227 e. The molecule has 1 aromatic carbocycles. The van der Waals surface area contributed by atoms with Crippen molar-refractivity contribution in [3.05, 3.63) is 46.2 Å². The van der Waals surface area contributed by atoms with Gasteiger partial charge < -0.3 is 9.64 Å². The zero-order valence-corrected chi connectivity index (χ0v) is 15.5. The molecular weight excluding hydrogens is 353 g/mol. The molecule has 0 N–H and O–H groups in total. The fourth-order valence-electron chi connectivity index (χ4n) is 4.07. The number of thiazole rings is 1. The number of rotatable bonds is 5. The van der Waals surface area contributed by atoms with Crippen LogP contribution < -0.4 is 4.74 Å². The summed E-state index contributed by atoms with van der Waals surface area (Å²) in [5.74, 6) is 0.656. The quantitative estimate of drug-likeness (QED) is 0.806. The van der Waals surface area contributed by atoms with Crippen LogP contribution >= 0.6 is 11.3 Å². The number of benzene rings is 1. The van der Waals surface area contributed by atoms with Gasteiger partial charge in [-0.05, 0) is 31.0 Å². The van der Waals surface area contributed by atoms with E-state index in [-0.39, 0.29) is 23.7 Å². The molecule has 3 aliphatic rings. The lowest BCUT2D eigenvalue weighted by Crippen LogP contribution is -2.47. The first kappa shape index (κ1) is 17.4. The molecule has 0 saturated carbocycles. The van der Waals surface area contributed by atoms with E-state index in [0.29, 0.717) is 25.4 Å². The maximum atomic E-state index is 13.7. The molecule has 5 nitrogen and oxygen atoms in total. The van der Waals surface area contributed by atoms with Crippen LogP contribution in [0.3, 0.4) is 0 Å². The summed E-state index contributed by atoms with van der Waals surface area (Å²) in [6, 6.07) is 4.78. The minimum Gasteiger partial charge on any atom is -0.496 e. The Kier molecular flexibility index (Phi) is 4.91. The third kappa shape index (κ3) is 3.46. The van der Waals surface area contributed by atoms with Crippen LogP contribution in [0.15, 0.2) is 29.1 Å². The van der Waals surface area contributed by atoms with E-state index in [0.717, 1.165) is 30.6 Å². The molecular formula is C19H22FN3O2S. The predicted molar refractivity (Wildman–Crippen MR) is 97.4 cm³/mol. The Morgan fingerprint density at radius 1 is 1.31 bits per heavy atom. The van der Waals surface area contributed by atoms with Crippen LogP contribution in [-0.4, -0.2) is 46.9 Å². The van der Waals surface area contributed by atoms with Gasteiger partial charge >= 0.3 is 0 Å². The summed E-state index contributed by atoms with van der Waals surface area (Å²) in [5, 5.41) is 2.00. The van der Waals surface area contributed by atoms with Crippen molar-refractivity contribution in [3.8, 4) is 5.75 Å². The molecule has 26 heavy (non-hydrogen) atoms. The zero-order valence-electron chi connectivity index (χ0n) is 14.7. The van der Waals surface area contributed by atoms with Crippen LogP contribution in [0.5, 0.6) is 5.75 Å². The summed E-state index contributed by atoms with van der Waals surface area (Å²) in [4.78, 5) is 21.5. The monoisotopic (exact) mass is 375 g/mol. The molecule has 4 heterocycles. The summed E-state index contributed by atoms with van der Waals surface area (Å²) in [5.41, 5.74) is 3.58. The Balaban J connectivity index is 1.53. The molecule has 2 bridgehead atoms. The van der Waals surface area contributed by atoms with Gasteiger partial charge in [-0.1, -0.05) is 0 Å². The van der Waals surface area contributed by atoms with Crippen molar-refractivity contribution in [1.29, 1.82) is 0 Å². The van der Waals surface area contributed by atoms with Gasteiger partial charge in [0.1, 0.15) is 11.6 Å². The van der Waals surface area contributed by atoms with Crippen LogP contribution in [0.2, 0.25) is 0 Å². The maximum Gasteiger partial charge on any atom is 0.227 e. The lowest BCUT2D eigenvalue weighted by molar-refractivity contribution is -0.140. The topological polar surface area (TPSA) is 45.7 Å². The van der Waals surface area contributed by atoms with Gasteiger partial charge in [0.15, 0.2) is 0 Å². The summed E-state index contributed by atoms with van der Waals surface area (Å²) in [6.45, 7) is 2.68. The number of hydrogen-bond acceptors (Lipinski definition) is 5. The Hall–Kier alpha value is -1.99. The van der Waals surface area contributed by atoms with Gasteiger partial charge in [-0.3, -0.25) is 9.69 Å². The number of piperidine rings is 1. The number of halogens is 1. The average molecular weight is 375 g/mol. The molecule has 3 saturated heterocycles. The van der Waals surface area contributed by atoms with Gasteiger partial charge in [-0.2, -0.15) is 0 Å². The van der Waals surface area contributed by atoms with Gasteiger partial charge in [0.2, 0.25) is 5.91 Å². The van der Waals surface area contributed by atoms with Crippen LogP contribution in [0.1, 0.15) is 24.1 Å². The van der Waals surface area contributed by atoms with E-state index in [1.165, 1.54) is 12.1 Å². The molecule has 5 rings (SSSR count). The Morgan fingerprint density at radius 2 is 2.19 bits per heavy atom. The summed E-state index contributed by atoms with van der Waals surface area (Å²) >= 11 is 1.55. The van der Waals surface area contributed by atoms with E-state index in [1.54, 1.807) is 30.0 Å². The highest BCUT2D eigenvalue weighted by atomic mass is 32.1. The van der Waals surface area contributed by atoms with Crippen molar-refractivity contribution in [2.24, 2.45) is 5.92 Å². The molecule has 7 heteroatoms. The van der Waals surface area contributed by atoms with Crippen molar-refractivity contribution in [1.82, 2.24) is 14.8 Å². The average Bonchev–Trinajstić information content (AvgIpc) is 3.01. The fraction of sp³-hybridized carbons (Fsp3) is 0.474. The number of methoxy groups -OCH3 is 1. The largest absolute Gasteiger partial charge is 0.496 e. The highest BCUT2D eigenvalue weighted by Gasteiger charge is 2.40. The van der Waals surface area contributed by atoms with E-state index in [9.17, 15) is 9.18 Å². The standard InChI is InChI=1S/C19H22FN3O2S/c1-25-18-5-3-15(20)6-14(18)8-22-7-13-2-4-17(10-22)23(19(13)24)9-16-11-26-12-21-16/h3,5-6,11-13,17H,2,4,7-10H2,1H3/t13-,17+/m1/s1. The van der Waals surface area contributed by atoms with Gasteiger partial charge in [0.25, 0.3) is 0 Å². The third-order valence-corrected chi connectivity index (χ3v) is 5.96. The predicted octanol–water partition coefficient (Wildman–Crippen LogP) is 2.91. The Labute approximate surface area is 156 Å². The summed E-state index contributed by atoms with van der Waals surface area (Å²) in [7, 11) is 1.60. The SMILES string of the molecule is COc1ccc(F)cc1CN1C[C@H]2CC[C@@H](C1)N(Cc1cscn1)C2=O.